The lowest BCUT2D eigenvalue weighted by Crippen LogP contribution is -2.20. The van der Waals surface area contributed by atoms with Crippen LogP contribution in [-0.2, 0) is 6.42 Å². The second-order valence-electron chi connectivity index (χ2n) is 5.03. The maximum atomic E-state index is 14.4. The minimum Gasteiger partial charge on any atom is -0.308 e. The Morgan fingerprint density at radius 1 is 1.35 bits per heavy atom. The van der Waals surface area contributed by atoms with Crippen LogP contribution >= 0.6 is 11.5 Å². The van der Waals surface area contributed by atoms with Crippen molar-refractivity contribution in [3.05, 3.63) is 45.2 Å². The molecule has 0 bridgehead atoms. The SMILES string of the molecule is CCCc1nnsc1C(NC)c1c(C)cc(C)cc1F. The first-order valence-electron chi connectivity index (χ1n) is 6.83. The summed E-state index contributed by atoms with van der Waals surface area (Å²) in [6.07, 6.45) is 1.88. The zero-order valence-corrected chi connectivity index (χ0v) is 13.1. The molecule has 0 aliphatic rings. The Balaban J connectivity index is 2.50. The van der Waals surface area contributed by atoms with Crippen molar-refractivity contribution in [1.82, 2.24) is 14.9 Å². The van der Waals surface area contributed by atoms with Crippen LogP contribution in [0.2, 0.25) is 0 Å². The molecule has 1 aromatic heterocycles. The van der Waals surface area contributed by atoms with Gasteiger partial charge in [0, 0.05) is 5.56 Å². The summed E-state index contributed by atoms with van der Waals surface area (Å²) in [4.78, 5) is 1.01. The van der Waals surface area contributed by atoms with Crippen LogP contribution in [0.1, 0.15) is 46.6 Å². The minimum absolute atomic E-state index is 0.169. The molecule has 3 nitrogen and oxygen atoms in total. The van der Waals surface area contributed by atoms with Gasteiger partial charge >= 0.3 is 0 Å². The Labute approximate surface area is 123 Å². The zero-order chi connectivity index (χ0) is 14.7. The number of rotatable bonds is 5. The zero-order valence-electron chi connectivity index (χ0n) is 12.3. The second-order valence-corrected chi connectivity index (χ2v) is 5.82. The van der Waals surface area contributed by atoms with Gasteiger partial charge in [0.1, 0.15) is 5.82 Å². The van der Waals surface area contributed by atoms with Crippen molar-refractivity contribution < 1.29 is 4.39 Å². The average molecular weight is 293 g/mol. The normalized spacial score (nSPS) is 12.7. The summed E-state index contributed by atoms with van der Waals surface area (Å²) in [7, 11) is 1.85. The highest BCUT2D eigenvalue weighted by Gasteiger charge is 2.24. The lowest BCUT2D eigenvalue weighted by molar-refractivity contribution is 0.573. The predicted octanol–water partition coefficient (Wildman–Crippen LogP) is 3.56. The van der Waals surface area contributed by atoms with Crippen molar-refractivity contribution in [3.8, 4) is 0 Å². The van der Waals surface area contributed by atoms with Gasteiger partial charge in [-0.15, -0.1) is 5.10 Å². The molecule has 1 aromatic carbocycles. The number of hydrogen-bond donors (Lipinski definition) is 1. The number of nitrogens with zero attached hydrogens (tertiary/aromatic N) is 2. The number of hydrogen-bond acceptors (Lipinski definition) is 4. The van der Waals surface area contributed by atoms with Crippen LogP contribution in [0.3, 0.4) is 0 Å². The van der Waals surface area contributed by atoms with E-state index in [1.54, 1.807) is 6.07 Å². The van der Waals surface area contributed by atoms with Gasteiger partial charge in [-0.1, -0.05) is 23.9 Å². The fraction of sp³-hybridized carbons (Fsp3) is 0.467. The van der Waals surface area contributed by atoms with Crippen molar-refractivity contribution in [2.24, 2.45) is 0 Å². The molecule has 1 N–H and O–H groups in total. The first-order chi connectivity index (χ1) is 9.58. The van der Waals surface area contributed by atoms with Gasteiger partial charge in [-0.2, -0.15) is 0 Å². The third kappa shape index (κ3) is 2.88. The number of aryl methyl sites for hydroxylation is 3. The Kier molecular flexibility index (Phi) is 4.83. The third-order valence-electron chi connectivity index (χ3n) is 3.39. The number of benzene rings is 1. The summed E-state index contributed by atoms with van der Waals surface area (Å²) in [5.41, 5.74) is 3.56. The van der Waals surface area contributed by atoms with E-state index in [1.807, 2.05) is 27.0 Å². The van der Waals surface area contributed by atoms with Gasteiger partial charge in [0.15, 0.2) is 0 Å². The molecular formula is C15H20FN3S. The summed E-state index contributed by atoms with van der Waals surface area (Å²) >= 11 is 1.35. The highest BCUT2D eigenvalue weighted by Crippen LogP contribution is 2.31. The Bertz CT molecular complexity index is 572. The highest BCUT2D eigenvalue weighted by atomic mass is 32.1. The number of halogens is 1. The standard InChI is InChI=1S/C15H20FN3S/c1-5-6-12-15(20-19-18-12)14(17-4)13-10(3)7-9(2)8-11(13)16/h7-8,14,17H,5-6H2,1-4H3. The van der Waals surface area contributed by atoms with Gasteiger partial charge in [-0.25, -0.2) is 4.39 Å². The molecule has 0 saturated carbocycles. The van der Waals surface area contributed by atoms with Crippen molar-refractivity contribution in [3.63, 3.8) is 0 Å². The van der Waals surface area contributed by atoms with E-state index < -0.39 is 0 Å². The van der Waals surface area contributed by atoms with E-state index in [1.165, 1.54) is 11.5 Å². The van der Waals surface area contributed by atoms with E-state index in [4.69, 9.17) is 0 Å². The third-order valence-corrected chi connectivity index (χ3v) is 4.22. The van der Waals surface area contributed by atoms with E-state index in [-0.39, 0.29) is 11.9 Å². The van der Waals surface area contributed by atoms with E-state index in [9.17, 15) is 4.39 Å². The number of nitrogens with one attached hydrogen (secondary N) is 1. The van der Waals surface area contributed by atoms with Gasteiger partial charge in [-0.3, -0.25) is 0 Å². The van der Waals surface area contributed by atoms with E-state index in [0.717, 1.165) is 34.5 Å². The quantitative estimate of drug-likeness (QED) is 0.916. The maximum absolute atomic E-state index is 14.4. The molecule has 1 unspecified atom stereocenters. The summed E-state index contributed by atoms with van der Waals surface area (Å²) in [6, 6.07) is 3.41. The molecule has 2 rings (SSSR count). The first-order valence-corrected chi connectivity index (χ1v) is 7.60. The van der Waals surface area contributed by atoms with Crippen LogP contribution in [0.4, 0.5) is 4.39 Å². The van der Waals surface area contributed by atoms with Crippen LogP contribution in [0.25, 0.3) is 0 Å². The molecule has 108 valence electrons. The van der Waals surface area contributed by atoms with Gasteiger partial charge in [0.05, 0.1) is 16.6 Å². The monoisotopic (exact) mass is 293 g/mol. The number of aromatic nitrogens is 2. The fourth-order valence-electron chi connectivity index (χ4n) is 2.54. The summed E-state index contributed by atoms with van der Waals surface area (Å²) in [5.74, 6) is -0.169. The highest BCUT2D eigenvalue weighted by molar-refractivity contribution is 7.05. The average Bonchev–Trinajstić information content (AvgIpc) is 2.82. The molecule has 0 amide bonds. The van der Waals surface area contributed by atoms with Crippen LogP contribution < -0.4 is 5.32 Å². The Morgan fingerprint density at radius 2 is 2.10 bits per heavy atom. The predicted molar refractivity (Wildman–Crippen MR) is 80.7 cm³/mol. The molecule has 1 atom stereocenters. The molecule has 1 heterocycles. The molecule has 0 aliphatic heterocycles. The van der Waals surface area contributed by atoms with Gasteiger partial charge in [-0.05, 0) is 56.0 Å². The lowest BCUT2D eigenvalue weighted by Gasteiger charge is -2.19. The van der Waals surface area contributed by atoms with Crippen molar-refractivity contribution in [2.45, 2.75) is 39.7 Å². The van der Waals surface area contributed by atoms with Crippen LogP contribution in [-0.4, -0.2) is 16.6 Å². The van der Waals surface area contributed by atoms with E-state index in [2.05, 4.69) is 21.8 Å². The molecule has 0 aliphatic carbocycles. The van der Waals surface area contributed by atoms with E-state index in [0.29, 0.717) is 5.56 Å². The molecule has 5 heteroatoms. The molecular weight excluding hydrogens is 273 g/mol. The van der Waals surface area contributed by atoms with E-state index >= 15 is 0 Å². The topological polar surface area (TPSA) is 37.8 Å². The molecule has 2 aromatic rings. The van der Waals surface area contributed by atoms with Gasteiger partial charge < -0.3 is 5.32 Å². The molecule has 20 heavy (non-hydrogen) atoms. The molecule has 0 fully saturated rings. The molecule has 0 saturated heterocycles. The summed E-state index contributed by atoms with van der Waals surface area (Å²) < 4.78 is 18.4. The summed E-state index contributed by atoms with van der Waals surface area (Å²) in [5, 5.41) is 7.39. The minimum atomic E-state index is -0.183. The maximum Gasteiger partial charge on any atom is 0.128 e. The van der Waals surface area contributed by atoms with Crippen molar-refractivity contribution in [1.29, 1.82) is 0 Å². The smallest absolute Gasteiger partial charge is 0.128 e. The van der Waals surface area contributed by atoms with Crippen molar-refractivity contribution >= 4 is 11.5 Å². The molecule has 0 spiro atoms. The van der Waals surface area contributed by atoms with Crippen LogP contribution in [0.5, 0.6) is 0 Å². The van der Waals surface area contributed by atoms with Crippen LogP contribution in [0.15, 0.2) is 12.1 Å². The van der Waals surface area contributed by atoms with Gasteiger partial charge in [0.25, 0.3) is 0 Å². The molecule has 0 radical (unpaired) electrons. The van der Waals surface area contributed by atoms with Crippen LogP contribution in [0, 0.1) is 19.7 Å². The Hall–Kier alpha value is -1.33. The fourth-order valence-corrected chi connectivity index (χ4v) is 3.36. The Morgan fingerprint density at radius 3 is 2.70 bits per heavy atom. The summed E-state index contributed by atoms with van der Waals surface area (Å²) in [6.45, 7) is 5.96. The van der Waals surface area contributed by atoms with Crippen molar-refractivity contribution in [2.75, 3.05) is 7.05 Å². The van der Waals surface area contributed by atoms with Gasteiger partial charge in [0.2, 0.25) is 0 Å². The first kappa shape index (κ1) is 15.1. The largest absolute Gasteiger partial charge is 0.308 e. The lowest BCUT2D eigenvalue weighted by atomic mass is 9.96. The second kappa shape index (κ2) is 6.41.